The monoisotopic (exact) mass is 141 g/mol. The van der Waals surface area contributed by atoms with Crippen LogP contribution in [0.1, 0.15) is 12.8 Å². The normalized spacial score (nSPS) is 31.2. The van der Waals surface area contributed by atoms with Crippen LogP contribution in [0, 0.1) is 6.73 Å². The van der Waals surface area contributed by atoms with Gasteiger partial charge in [0.1, 0.15) is 6.73 Å². The van der Waals surface area contributed by atoms with Gasteiger partial charge in [0, 0.05) is 6.54 Å². The maximum Gasteiger partial charge on any atom is 0.149 e. The highest BCUT2D eigenvalue weighted by molar-refractivity contribution is 4.93. The fraction of sp³-hybridized carbons (Fsp3) is 0.857. The van der Waals surface area contributed by atoms with E-state index in [0.717, 1.165) is 32.5 Å². The molecule has 0 aliphatic carbocycles. The van der Waals surface area contributed by atoms with Gasteiger partial charge in [0.05, 0.1) is 5.60 Å². The Morgan fingerprint density at radius 1 is 1.30 bits per heavy atom. The summed E-state index contributed by atoms with van der Waals surface area (Å²) in [6, 6.07) is 0. The summed E-state index contributed by atoms with van der Waals surface area (Å²) >= 11 is 0. The molecule has 2 N–H and O–H groups in total. The van der Waals surface area contributed by atoms with Gasteiger partial charge in [0.15, 0.2) is 0 Å². The van der Waals surface area contributed by atoms with E-state index in [1.54, 1.807) is 6.73 Å². The lowest BCUT2D eigenvalue weighted by Gasteiger charge is -2.31. The van der Waals surface area contributed by atoms with E-state index in [-0.39, 0.29) is 5.60 Å². The SMILES string of the molecule is [CH]1NCC2(CCNCC2)O1. The van der Waals surface area contributed by atoms with Crippen molar-refractivity contribution in [2.24, 2.45) is 0 Å². The molecule has 2 fully saturated rings. The first kappa shape index (κ1) is 6.58. The summed E-state index contributed by atoms with van der Waals surface area (Å²) in [5, 5.41) is 6.42. The van der Waals surface area contributed by atoms with E-state index < -0.39 is 0 Å². The highest BCUT2D eigenvalue weighted by Crippen LogP contribution is 2.26. The number of piperidine rings is 1. The van der Waals surface area contributed by atoms with Crippen LogP contribution >= 0.6 is 0 Å². The van der Waals surface area contributed by atoms with E-state index in [0.29, 0.717) is 0 Å². The van der Waals surface area contributed by atoms with Crippen LogP contribution < -0.4 is 10.6 Å². The summed E-state index contributed by atoms with van der Waals surface area (Å²) in [5.41, 5.74) is 0.144. The first-order chi connectivity index (χ1) is 4.91. The van der Waals surface area contributed by atoms with Gasteiger partial charge in [-0.1, -0.05) is 0 Å². The molecule has 0 aromatic rings. The van der Waals surface area contributed by atoms with Gasteiger partial charge in [-0.3, -0.25) is 5.32 Å². The van der Waals surface area contributed by atoms with Crippen LogP contribution in [0.2, 0.25) is 0 Å². The van der Waals surface area contributed by atoms with E-state index in [1.165, 1.54) is 0 Å². The summed E-state index contributed by atoms with van der Waals surface area (Å²) in [6.07, 6.45) is 2.27. The predicted octanol–water partition coefficient (Wildman–Crippen LogP) is -0.152. The van der Waals surface area contributed by atoms with E-state index in [1.807, 2.05) is 0 Å². The zero-order valence-corrected chi connectivity index (χ0v) is 6.02. The van der Waals surface area contributed by atoms with Crippen molar-refractivity contribution in [1.82, 2.24) is 10.6 Å². The number of nitrogens with one attached hydrogen (secondary N) is 2. The molecule has 3 nitrogen and oxygen atoms in total. The van der Waals surface area contributed by atoms with Crippen LogP contribution in [0.5, 0.6) is 0 Å². The van der Waals surface area contributed by atoms with Gasteiger partial charge in [-0.15, -0.1) is 0 Å². The summed E-state index contributed by atoms with van der Waals surface area (Å²) in [7, 11) is 0. The molecule has 2 heterocycles. The minimum Gasteiger partial charge on any atom is -0.351 e. The van der Waals surface area contributed by atoms with E-state index in [4.69, 9.17) is 4.74 Å². The Balaban J connectivity index is 1.98. The second-order valence-electron chi connectivity index (χ2n) is 3.05. The summed E-state index contributed by atoms with van der Waals surface area (Å²) in [5.74, 6) is 0. The Hall–Kier alpha value is -0.120. The van der Waals surface area contributed by atoms with Crippen molar-refractivity contribution in [3.63, 3.8) is 0 Å². The summed E-state index contributed by atoms with van der Waals surface area (Å²) in [4.78, 5) is 0. The molecule has 10 heavy (non-hydrogen) atoms. The average Bonchev–Trinajstić information content (AvgIpc) is 2.39. The number of ether oxygens (including phenoxy) is 1. The lowest BCUT2D eigenvalue weighted by Crippen LogP contribution is -2.44. The largest absolute Gasteiger partial charge is 0.351 e. The zero-order chi connectivity index (χ0) is 6.86. The lowest BCUT2D eigenvalue weighted by atomic mass is 9.93. The Kier molecular flexibility index (Phi) is 1.64. The predicted molar refractivity (Wildman–Crippen MR) is 38.2 cm³/mol. The molecular weight excluding hydrogens is 128 g/mol. The first-order valence-corrected chi connectivity index (χ1v) is 3.85. The summed E-state index contributed by atoms with van der Waals surface area (Å²) < 4.78 is 5.51. The molecule has 0 saturated carbocycles. The molecule has 57 valence electrons. The Morgan fingerprint density at radius 3 is 2.70 bits per heavy atom. The molecular formula is C7H13N2O. The van der Waals surface area contributed by atoms with Gasteiger partial charge in [0.25, 0.3) is 0 Å². The van der Waals surface area contributed by atoms with Crippen LogP contribution in [-0.4, -0.2) is 25.2 Å². The fourth-order valence-electron chi connectivity index (χ4n) is 1.61. The van der Waals surface area contributed by atoms with Crippen molar-refractivity contribution in [1.29, 1.82) is 0 Å². The smallest absolute Gasteiger partial charge is 0.149 e. The molecule has 1 radical (unpaired) electrons. The van der Waals surface area contributed by atoms with Gasteiger partial charge in [-0.25, -0.2) is 0 Å². The molecule has 2 rings (SSSR count). The number of hydrogen-bond donors (Lipinski definition) is 2. The number of hydrogen-bond acceptors (Lipinski definition) is 3. The molecule has 0 bridgehead atoms. The molecule has 0 atom stereocenters. The molecule has 2 saturated heterocycles. The zero-order valence-electron chi connectivity index (χ0n) is 6.02. The fourth-order valence-corrected chi connectivity index (χ4v) is 1.61. The molecule has 0 unspecified atom stereocenters. The maximum absolute atomic E-state index is 5.51. The van der Waals surface area contributed by atoms with E-state index in [9.17, 15) is 0 Å². The molecule has 2 aliphatic heterocycles. The Bertz CT molecular complexity index is 113. The van der Waals surface area contributed by atoms with E-state index in [2.05, 4.69) is 10.6 Å². The molecule has 2 aliphatic rings. The van der Waals surface area contributed by atoms with Gasteiger partial charge in [-0.05, 0) is 25.9 Å². The third-order valence-corrected chi connectivity index (χ3v) is 2.33. The van der Waals surface area contributed by atoms with Crippen LogP contribution in [0.15, 0.2) is 0 Å². The summed E-state index contributed by atoms with van der Waals surface area (Å²) in [6.45, 7) is 4.91. The molecule has 3 heteroatoms. The van der Waals surface area contributed by atoms with Crippen molar-refractivity contribution in [2.45, 2.75) is 18.4 Å². The van der Waals surface area contributed by atoms with E-state index >= 15 is 0 Å². The average molecular weight is 141 g/mol. The second kappa shape index (κ2) is 2.49. The third-order valence-electron chi connectivity index (χ3n) is 2.33. The van der Waals surface area contributed by atoms with Gasteiger partial charge in [0.2, 0.25) is 0 Å². The standard InChI is InChI=1S/C7H13N2O/c1-3-8-4-2-7(1)5-9-6-10-7/h6,8-9H,1-5H2. The molecule has 1 spiro atoms. The van der Waals surface area contributed by atoms with Gasteiger partial charge >= 0.3 is 0 Å². The third kappa shape index (κ3) is 1.05. The quantitative estimate of drug-likeness (QED) is 0.492. The molecule has 0 aromatic carbocycles. The van der Waals surface area contributed by atoms with Crippen LogP contribution in [0.4, 0.5) is 0 Å². The highest BCUT2D eigenvalue weighted by atomic mass is 16.5. The van der Waals surface area contributed by atoms with Crippen molar-refractivity contribution in [2.75, 3.05) is 19.6 Å². The molecule has 0 amide bonds. The van der Waals surface area contributed by atoms with Crippen LogP contribution in [-0.2, 0) is 4.74 Å². The first-order valence-electron chi connectivity index (χ1n) is 3.85. The topological polar surface area (TPSA) is 33.3 Å². The minimum atomic E-state index is 0.144. The van der Waals surface area contributed by atoms with Crippen molar-refractivity contribution < 1.29 is 4.74 Å². The second-order valence-corrected chi connectivity index (χ2v) is 3.05. The van der Waals surface area contributed by atoms with Crippen molar-refractivity contribution in [3.05, 3.63) is 6.73 Å². The minimum absolute atomic E-state index is 0.144. The van der Waals surface area contributed by atoms with Crippen molar-refractivity contribution in [3.8, 4) is 0 Å². The lowest BCUT2D eigenvalue weighted by molar-refractivity contribution is 0.0164. The highest BCUT2D eigenvalue weighted by Gasteiger charge is 2.36. The van der Waals surface area contributed by atoms with Crippen LogP contribution in [0.25, 0.3) is 0 Å². The molecule has 0 aromatic heterocycles. The Labute approximate surface area is 61.1 Å². The van der Waals surface area contributed by atoms with Gasteiger partial charge in [-0.2, -0.15) is 0 Å². The van der Waals surface area contributed by atoms with Crippen molar-refractivity contribution >= 4 is 0 Å². The van der Waals surface area contributed by atoms with Crippen LogP contribution in [0.3, 0.4) is 0 Å². The Morgan fingerprint density at radius 2 is 2.10 bits per heavy atom. The maximum atomic E-state index is 5.51. The number of rotatable bonds is 0. The van der Waals surface area contributed by atoms with Gasteiger partial charge < -0.3 is 10.1 Å².